The van der Waals surface area contributed by atoms with Crippen LogP contribution in [0, 0.1) is 0 Å². The molecular weight excluding hydrogens is 651 g/mol. The van der Waals surface area contributed by atoms with Gasteiger partial charge in [0.2, 0.25) is 0 Å². The zero-order valence-corrected chi connectivity index (χ0v) is 32.5. The smallest absolute Gasteiger partial charge is 0.333 e. The minimum Gasteiger partial charge on any atom is -0.377 e. The summed E-state index contributed by atoms with van der Waals surface area (Å²) in [6.45, 7) is 19.3. The van der Waals surface area contributed by atoms with Crippen LogP contribution >= 0.6 is 11.3 Å². The van der Waals surface area contributed by atoms with Gasteiger partial charge in [0, 0.05) is 47.9 Å². The number of hydrogen-bond donors (Lipinski definition) is 0. The molecule has 0 bridgehead atoms. The fourth-order valence-electron chi connectivity index (χ4n) is 9.83. The van der Waals surface area contributed by atoms with Crippen LogP contribution in [0.4, 0.5) is 11.4 Å². The van der Waals surface area contributed by atoms with Crippen molar-refractivity contribution in [1.29, 1.82) is 0 Å². The molecule has 0 N–H and O–H groups in total. The van der Waals surface area contributed by atoms with Gasteiger partial charge < -0.3 is 9.38 Å². The van der Waals surface area contributed by atoms with Crippen molar-refractivity contribution in [1.82, 2.24) is 4.57 Å². The summed E-state index contributed by atoms with van der Waals surface area (Å²) in [6.07, 6.45) is 0. The summed E-state index contributed by atoms with van der Waals surface area (Å²) in [4.78, 5) is 2.79. The van der Waals surface area contributed by atoms with Crippen molar-refractivity contribution in [3.05, 3.63) is 114 Å². The Morgan fingerprint density at radius 2 is 1.33 bits per heavy atom. The van der Waals surface area contributed by atoms with Crippen molar-refractivity contribution in [2.24, 2.45) is 0 Å². The molecule has 8 aromatic rings. The molecule has 3 aliphatic rings. The van der Waals surface area contributed by atoms with E-state index in [0.29, 0.717) is 0 Å². The van der Waals surface area contributed by atoms with Crippen LogP contribution in [0.1, 0.15) is 52.7 Å². The number of aromatic nitrogens is 1. The molecule has 0 radical (unpaired) electrons. The quantitative estimate of drug-likeness (QED) is 0.144. The highest BCUT2D eigenvalue weighted by Crippen LogP contribution is 2.50. The van der Waals surface area contributed by atoms with Crippen LogP contribution in [0.2, 0.25) is 13.1 Å². The van der Waals surface area contributed by atoms with Gasteiger partial charge in [-0.25, -0.2) is 0 Å². The monoisotopic (exact) mass is 692 g/mol. The van der Waals surface area contributed by atoms with E-state index in [4.69, 9.17) is 0 Å². The first-order chi connectivity index (χ1) is 24.3. The van der Waals surface area contributed by atoms with Crippen LogP contribution < -0.4 is 26.1 Å². The maximum atomic E-state index is 2.79. The van der Waals surface area contributed by atoms with E-state index in [9.17, 15) is 0 Å². The van der Waals surface area contributed by atoms with Gasteiger partial charge in [-0.3, -0.25) is 0 Å². The van der Waals surface area contributed by atoms with E-state index in [1.54, 1.807) is 5.19 Å². The van der Waals surface area contributed by atoms with Crippen LogP contribution in [0.3, 0.4) is 0 Å². The van der Waals surface area contributed by atoms with Gasteiger partial charge >= 0.3 is 6.85 Å². The Kier molecular flexibility index (Phi) is 5.57. The molecule has 0 atom stereocenters. The van der Waals surface area contributed by atoms with Gasteiger partial charge in [0.05, 0.1) is 16.7 Å². The fourth-order valence-corrected chi connectivity index (χ4v) is 14.0. The Morgan fingerprint density at radius 3 is 2.14 bits per heavy atom. The number of thiophene rings is 1. The predicted molar refractivity (Wildman–Crippen MR) is 227 cm³/mol. The molecule has 0 spiro atoms. The zero-order valence-electron chi connectivity index (χ0n) is 30.7. The van der Waals surface area contributed by atoms with Gasteiger partial charge in [0.15, 0.2) is 0 Å². The number of rotatable bonds is 0. The van der Waals surface area contributed by atoms with Crippen LogP contribution in [-0.4, -0.2) is 19.5 Å². The van der Waals surface area contributed by atoms with Gasteiger partial charge in [-0.05, 0) is 85.2 Å². The molecule has 0 fully saturated rings. The third-order valence-electron chi connectivity index (χ3n) is 12.4. The second-order valence-electron chi connectivity index (χ2n) is 17.8. The molecule has 5 heterocycles. The third-order valence-corrected chi connectivity index (χ3v) is 17.1. The molecule has 0 saturated carbocycles. The Morgan fingerprint density at radius 1 is 0.608 bits per heavy atom. The first kappa shape index (κ1) is 30.1. The summed E-state index contributed by atoms with van der Waals surface area (Å²) in [7, 11) is -2.00. The van der Waals surface area contributed by atoms with Crippen LogP contribution in [0.25, 0.3) is 58.8 Å². The summed E-state index contributed by atoms with van der Waals surface area (Å²) in [6, 6.07) is 40.6. The minimum atomic E-state index is -2.00. The highest BCUT2D eigenvalue weighted by Gasteiger charge is 2.50. The fraction of sp³-hybridized carbons (Fsp3) is 0.217. The predicted octanol–water partition coefficient (Wildman–Crippen LogP) is 10.1. The number of hydrogen-bond acceptors (Lipinski definition) is 2. The van der Waals surface area contributed by atoms with Crippen molar-refractivity contribution in [2.75, 3.05) is 4.81 Å². The van der Waals surface area contributed by atoms with Gasteiger partial charge in [0.25, 0.3) is 0 Å². The average molecular weight is 693 g/mol. The molecular formula is C46H41BN2SSi. The van der Waals surface area contributed by atoms with Crippen molar-refractivity contribution < 1.29 is 0 Å². The van der Waals surface area contributed by atoms with Gasteiger partial charge in [-0.1, -0.05) is 121 Å². The molecule has 3 aliphatic heterocycles. The lowest BCUT2D eigenvalue weighted by Gasteiger charge is -2.49. The molecule has 6 aromatic carbocycles. The van der Waals surface area contributed by atoms with Gasteiger partial charge in [0.1, 0.15) is 8.07 Å². The van der Waals surface area contributed by atoms with Crippen LogP contribution in [0.15, 0.2) is 103 Å². The van der Waals surface area contributed by atoms with Crippen molar-refractivity contribution >= 4 is 101 Å². The molecule has 5 heteroatoms. The Balaban J connectivity index is 1.42. The Labute approximate surface area is 305 Å². The summed E-state index contributed by atoms with van der Waals surface area (Å²) >= 11 is 1.95. The number of fused-ring (bicyclic) bond motifs is 13. The lowest BCUT2D eigenvalue weighted by atomic mass is 9.43. The second-order valence-corrected chi connectivity index (χ2v) is 23.2. The van der Waals surface area contributed by atoms with Crippen molar-refractivity contribution in [3.8, 4) is 16.8 Å². The number of para-hydroxylation sites is 2. The van der Waals surface area contributed by atoms with E-state index in [1.807, 2.05) is 11.3 Å². The summed E-state index contributed by atoms with van der Waals surface area (Å²) in [5.74, 6) is 0. The average Bonchev–Trinajstić information content (AvgIpc) is 3.64. The molecule has 0 aliphatic carbocycles. The number of nitrogens with zero attached hydrogens (tertiary/aromatic N) is 2. The maximum Gasteiger partial charge on any atom is 0.333 e. The summed E-state index contributed by atoms with van der Waals surface area (Å²) in [5.41, 5.74) is 15.4. The standard InChI is InChI=1S/C46H41BN2SSi/c1-45(2,3)26-20-21-34-30(22-26)32-23-27(46(4,5)6)24-33-42(32)48(34)44-40-29-14-9-11-17-36(29)50-37(40)25-31-28-15-13-19-39-43(28)49(47(33)41(31)44)35-16-10-12-18-38(35)51(39,7)8/h9-25H,1-8H3. The Hall–Kier alpha value is -4.58. The van der Waals surface area contributed by atoms with Gasteiger partial charge in [-0.15, -0.1) is 11.3 Å². The summed E-state index contributed by atoms with van der Waals surface area (Å²) < 4.78 is 5.42. The third kappa shape index (κ3) is 3.69. The number of anilines is 2. The van der Waals surface area contributed by atoms with Crippen molar-refractivity contribution in [3.63, 3.8) is 0 Å². The van der Waals surface area contributed by atoms with Crippen LogP contribution in [0.5, 0.6) is 0 Å². The lowest BCUT2D eigenvalue weighted by molar-refractivity contribution is 0.590. The summed E-state index contributed by atoms with van der Waals surface area (Å²) in [5, 5.41) is 8.57. The Bertz CT molecular complexity index is 2880. The largest absolute Gasteiger partial charge is 0.377 e. The molecule has 11 rings (SSSR count). The van der Waals surface area contributed by atoms with Crippen molar-refractivity contribution in [2.45, 2.75) is 65.5 Å². The molecule has 2 aromatic heterocycles. The first-order valence-electron chi connectivity index (χ1n) is 18.5. The van der Waals surface area contributed by atoms with E-state index in [-0.39, 0.29) is 17.7 Å². The second kappa shape index (κ2) is 9.44. The zero-order chi connectivity index (χ0) is 34.9. The molecule has 0 unspecified atom stereocenters. The molecule has 2 nitrogen and oxygen atoms in total. The molecule has 0 saturated heterocycles. The van der Waals surface area contributed by atoms with E-state index < -0.39 is 8.07 Å². The highest BCUT2D eigenvalue weighted by atomic mass is 32.1. The maximum absolute atomic E-state index is 2.79. The normalized spacial score (nSPS) is 15.5. The van der Waals surface area contributed by atoms with Crippen LogP contribution in [-0.2, 0) is 10.8 Å². The van der Waals surface area contributed by atoms with Gasteiger partial charge in [-0.2, -0.15) is 0 Å². The highest BCUT2D eigenvalue weighted by molar-refractivity contribution is 7.26. The topological polar surface area (TPSA) is 8.17 Å². The molecule has 248 valence electrons. The minimum absolute atomic E-state index is 0.0101. The molecule has 51 heavy (non-hydrogen) atoms. The lowest BCUT2D eigenvalue weighted by Crippen LogP contribution is -2.68. The molecule has 0 amide bonds. The number of benzene rings is 6. The van der Waals surface area contributed by atoms with E-state index in [1.165, 1.54) is 97.4 Å². The van der Waals surface area contributed by atoms with E-state index in [0.717, 1.165) is 0 Å². The van der Waals surface area contributed by atoms with E-state index in [2.05, 4.69) is 167 Å². The first-order valence-corrected chi connectivity index (χ1v) is 22.3. The SMILES string of the molecule is CC(C)(C)c1ccc2c(c1)c1cc(C(C)(C)C)cc3c1n2-c1c2c(cc4sc5ccccc5c14)-c1cccc4c1N(B23)c1ccccc1[Si]4(C)C. The van der Waals surface area contributed by atoms with E-state index >= 15 is 0 Å².